The zero-order valence-electron chi connectivity index (χ0n) is 9.86. The Bertz CT molecular complexity index is 302. The third-order valence-corrected chi connectivity index (χ3v) is 2.48. The number of pyridine rings is 1. The van der Waals surface area contributed by atoms with Crippen LogP contribution in [0.4, 0.5) is 4.39 Å². The van der Waals surface area contributed by atoms with Crippen molar-refractivity contribution in [2.75, 3.05) is 20.1 Å². The van der Waals surface area contributed by atoms with Gasteiger partial charge in [-0.15, -0.1) is 0 Å². The largest absolute Gasteiger partial charge is 0.387 e. The van der Waals surface area contributed by atoms with Crippen molar-refractivity contribution in [2.24, 2.45) is 0 Å². The van der Waals surface area contributed by atoms with Crippen LogP contribution in [0, 0.1) is 5.82 Å². The summed E-state index contributed by atoms with van der Waals surface area (Å²) in [7, 11) is 2.02. The van der Waals surface area contributed by atoms with Gasteiger partial charge in [0.25, 0.3) is 0 Å². The second kappa shape index (κ2) is 6.55. The van der Waals surface area contributed by atoms with Gasteiger partial charge in [-0.05, 0) is 38.6 Å². The van der Waals surface area contributed by atoms with Crippen LogP contribution in [0.25, 0.3) is 0 Å². The van der Waals surface area contributed by atoms with Gasteiger partial charge < -0.3 is 10.0 Å². The van der Waals surface area contributed by atoms with Gasteiger partial charge in [-0.25, -0.2) is 4.39 Å². The van der Waals surface area contributed by atoms with E-state index in [0.717, 1.165) is 25.7 Å². The molecule has 1 aromatic rings. The van der Waals surface area contributed by atoms with E-state index >= 15 is 0 Å². The van der Waals surface area contributed by atoms with Gasteiger partial charge in [0.15, 0.2) is 0 Å². The molecule has 1 N–H and O–H groups in total. The van der Waals surface area contributed by atoms with E-state index in [1.54, 1.807) is 0 Å². The second-order valence-corrected chi connectivity index (χ2v) is 4.01. The fourth-order valence-electron chi connectivity index (χ4n) is 1.57. The van der Waals surface area contributed by atoms with Crippen LogP contribution in [0.3, 0.4) is 0 Å². The Labute approximate surface area is 95.9 Å². The SMILES string of the molecule is CCCN(C)CCC(O)c1ccc(F)cn1. The molecule has 90 valence electrons. The molecule has 1 aromatic heterocycles. The number of aliphatic hydroxyl groups is 1. The molecule has 0 aliphatic heterocycles. The Hall–Kier alpha value is -1.00. The molecule has 1 heterocycles. The van der Waals surface area contributed by atoms with E-state index in [2.05, 4.69) is 16.8 Å². The molecule has 0 aromatic carbocycles. The topological polar surface area (TPSA) is 36.4 Å². The smallest absolute Gasteiger partial charge is 0.141 e. The molecule has 1 unspecified atom stereocenters. The molecule has 0 saturated carbocycles. The van der Waals surface area contributed by atoms with Crippen LogP contribution in [-0.2, 0) is 0 Å². The highest BCUT2D eigenvalue weighted by Crippen LogP contribution is 2.14. The zero-order chi connectivity index (χ0) is 12.0. The van der Waals surface area contributed by atoms with Crippen LogP contribution in [-0.4, -0.2) is 35.1 Å². The van der Waals surface area contributed by atoms with Gasteiger partial charge in [-0.1, -0.05) is 6.92 Å². The summed E-state index contributed by atoms with van der Waals surface area (Å²) in [6.45, 7) is 3.95. The third-order valence-electron chi connectivity index (χ3n) is 2.48. The standard InChI is InChI=1S/C12H19FN2O/c1-3-7-15(2)8-6-12(16)11-5-4-10(13)9-14-11/h4-5,9,12,16H,3,6-8H2,1-2H3. The van der Waals surface area contributed by atoms with Crippen molar-refractivity contribution >= 4 is 0 Å². The van der Waals surface area contributed by atoms with Crippen molar-refractivity contribution < 1.29 is 9.50 Å². The summed E-state index contributed by atoms with van der Waals surface area (Å²) in [5.41, 5.74) is 0.534. The second-order valence-electron chi connectivity index (χ2n) is 4.01. The van der Waals surface area contributed by atoms with E-state index in [9.17, 15) is 9.50 Å². The Kier molecular flexibility index (Phi) is 5.35. The lowest BCUT2D eigenvalue weighted by atomic mass is 10.1. The Balaban J connectivity index is 2.40. The van der Waals surface area contributed by atoms with E-state index in [1.165, 1.54) is 12.1 Å². The average Bonchev–Trinajstić information content (AvgIpc) is 2.27. The monoisotopic (exact) mass is 226 g/mol. The molecule has 0 spiro atoms. The predicted octanol–water partition coefficient (Wildman–Crippen LogP) is 1.99. The Morgan fingerprint density at radius 2 is 2.19 bits per heavy atom. The van der Waals surface area contributed by atoms with Crippen molar-refractivity contribution in [3.05, 3.63) is 29.8 Å². The summed E-state index contributed by atoms with van der Waals surface area (Å²) >= 11 is 0. The molecule has 0 aliphatic carbocycles. The maximum atomic E-state index is 12.6. The number of hydrogen-bond acceptors (Lipinski definition) is 3. The van der Waals surface area contributed by atoms with Crippen molar-refractivity contribution in [2.45, 2.75) is 25.9 Å². The maximum absolute atomic E-state index is 12.6. The van der Waals surface area contributed by atoms with Gasteiger partial charge in [0.2, 0.25) is 0 Å². The number of aromatic nitrogens is 1. The highest BCUT2D eigenvalue weighted by atomic mass is 19.1. The minimum atomic E-state index is -0.611. The van der Waals surface area contributed by atoms with Crippen molar-refractivity contribution in [1.29, 1.82) is 0 Å². The van der Waals surface area contributed by atoms with E-state index in [-0.39, 0.29) is 5.82 Å². The highest BCUT2D eigenvalue weighted by Gasteiger charge is 2.09. The number of hydrogen-bond donors (Lipinski definition) is 1. The molecule has 0 amide bonds. The van der Waals surface area contributed by atoms with Crippen LogP contribution in [0.5, 0.6) is 0 Å². The van der Waals surface area contributed by atoms with Crippen molar-refractivity contribution in [3.8, 4) is 0 Å². The minimum Gasteiger partial charge on any atom is -0.387 e. The summed E-state index contributed by atoms with van der Waals surface area (Å²) in [4.78, 5) is 6.02. The molecular weight excluding hydrogens is 207 g/mol. The van der Waals surface area contributed by atoms with Crippen LogP contribution in [0.15, 0.2) is 18.3 Å². The normalized spacial score (nSPS) is 13.1. The first-order valence-electron chi connectivity index (χ1n) is 5.61. The molecule has 16 heavy (non-hydrogen) atoms. The molecule has 0 bridgehead atoms. The predicted molar refractivity (Wildman–Crippen MR) is 61.6 cm³/mol. The number of halogens is 1. The number of nitrogens with zero attached hydrogens (tertiary/aromatic N) is 2. The van der Waals surface area contributed by atoms with Crippen molar-refractivity contribution in [3.63, 3.8) is 0 Å². The van der Waals surface area contributed by atoms with E-state index in [4.69, 9.17) is 0 Å². The van der Waals surface area contributed by atoms with Gasteiger partial charge in [0, 0.05) is 6.54 Å². The van der Waals surface area contributed by atoms with E-state index < -0.39 is 6.10 Å². The number of aliphatic hydroxyl groups excluding tert-OH is 1. The zero-order valence-corrected chi connectivity index (χ0v) is 9.86. The summed E-state index contributed by atoms with van der Waals surface area (Å²) in [6.07, 6.45) is 2.24. The van der Waals surface area contributed by atoms with Crippen molar-refractivity contribution in [1.82, 2.24) is 9.88 Å². The molecular formula is C12H19FN2O. The first kappa shape index (κ1) is 13.1. The Morgan fingerprint density at radius 3 is 2.75 bits per heavy atom. The summed E-state index contributed by atoms with van der Waals surface area (Å²) in [5, 5.41) is 9.82. The maximum Gasteiger partial charge on any atom is 0.141 e. The number of rotatable bonds is 6. The van der Waals surface area contributed by atoms with Crippen LogP contribution in [0.1, 0.15) is 31.6 Å². The Morgan fingerprint density at radius 1 is 1.44 bits per heavy atom. The van der Waals surface area contributed by atoms with Gasteiger partial charge in [0.05, 0.1) is 18.0 Å². The quantitative estimate of drug-likeness (QED) is 0.805. The van der Waals surface area contributed by atoms with Gasteiger partial charge >= 0.3 is 0 Å². The lowest BCUT2D eigenvalue weighted by Gasteiger charge is -2.17. The van der Waals surface area contributed by atoms with E-state index in [0.29, 0.717) is 12.1 Å². The molecule has 0 fully saturated rings. The van der Waals surface area contributed by atoms with Gasteiger partial charge in [0.1, 0.15) is 5.82 Å². The fourth-order valence-corrected chi connectivity index (χ4v) is 1.57. The highest BCUT2D eigenvalue weighted by molar-refractivity contribution is 5.07. The van der Waals surface area contributed by atoms with Crippen LogP contribution >= 0.6 is 0 Å². The fraction of sp³-hybridized carbons (Fsp3) is 0.583. The van der Waals surface area contributed by atoms with E-state index in [1.807, 2.05) is 7.05 Å². The molecule has 0 radical (unpaired) electrons. The first-order chi connectivity index (χ1) is 7.63. The minimum absolute atomic E-state index is 0.376. The summed E-state index contributed by atoms with van der Waals surface area (Å²) in [6, 6.07) is 2.85. The summed E-state index contributed by atoms with van der Waals surface area (Å²) < 4.78 is 12.6. The van der Waals surface area contributed by atoms with Gasteiger partial charge in [-0.3, -0.25) is 4.98 Å². The molecule has 1 rings (SSSR count). The van der Waals surface area contributed by atoms with Crippen LogP contribution < -0.4 is 0 Å². The first-order valence-corrected chi connectivity index (χ1v) is 5.61. The van der Waals surface area contributed by atoms with Gasteiger partial charge in [-0.2, -0.15) is 0 Å². The molecule has 3 nitrogen and oxygen atoms in total. The van der Waals surface area contributed by atoms with Crippen LogP contribution in [0.2, 0.25) is 0 Å². The lowest BCUT2D eigenvalue weighted by Crippen LogP contribution is -2.22. The molecule has 4 heteroatoms. The molecule has 0 aliphatic rings. The average molecular weight is 226 g/mol. The molecule has 0 saturated heterocycles. The summed E-state index contributed by atoms with van der Waals surface area (Å²) in [5.74, 6) is -0.376. The third kappa shape index (κ3) is 4.24. The molecule has 1 atom stereocenters. The lowest BCUT2D eigenvalue weighted by molar-refractivity contribution is 0.145.